The lowest BCUT2D eigenvalue weighted by Crippen LogP contribution is -2.31. The summed E-state index contributed by atoms with van der Waals surface area (Å²) in [5, 5.41) is 18.5. The van der Waals surface area contributed by atoms with Crippen LogP contribution in [0, 0.1) is 5.92 Å². The number of aromatic nitrogens is 2. The van der Waals surface area contributed by atoms with Gasteiger partial charge < -0.3 is 10.4 Å². The standard InChI is InChI=1S/C17H20N4O3/c22-16(23)8-9-18-17(24)19-15-11-13(10-12-6-7-12)20-21(15)14-4-2-1-3-5-14/h1-5,11-12H,6-10H2,(H,22,23)(H2,18,19,24). The van der Waals surface area contributed by atoms with Crippen LogP contribution in [0.25, 0.3) is 5.69 Å². The Kier molecular flexibility index (Phi) is 4.79. The monoisotopic (exact) mass is 328 g/mol. The van der Waals surface area contributed by atoms with Crippen molar-refractivity contribution in [1.29, 1.82) is 0 Å². The van der Waals surface area contributed by atoms with Crippen molar-refractivity contribution < 1.29 is 14.7 Å². The molecule has 1 saturated carbocycles. The first kappa shape index (κ1) is 16.0. The van der Waals surface area contributed by atoms with Crippen LogP contribution in [0.1, 0.15) is 25.0 Å². The first-order valence-electron chi connectivity index (χ1n) is 8.03. The van der Waals surface area contributed by atoms with Crippen molar-refractivity contribution in [2.24, 2.45) is 5.92 Å². The fourth-order valence-electron chi connectivity index (χ4n) is 2.45. The van der Waals surface area contributed by atoms with Gasteiger partial charge in [0.1, 0.15) is 5.82 Å². The normalized spacial score (nSPS) is 13.5. The molecule has 1 aliphatic rings. The van der Waals surface area contributed by atoms with Crippen molar-refractivity contribution in [3.8, 4) is 5.69 Å². The van der Waals surface area contributed by atoms with Crippen molar-refractivity contribution in [2.45, 2.75) is 25.7 Å². The molecule has 0 aliphatic heterocycles. The summed E-state index contributed by atoms with van der Waals surface area (Å²) in [5.41, 5.74) is 1.81. The average Bonchev–Trinajstić information content (AvgIpc) is 3.27. The number of anilines is 1. The smallest absolute Gasteiger partial charge is 0.320 e. The second kappa shape index (κ2) is 7.16. The zero-order valence-corrected chi connectivity index (χ0v) is 13.2. The first-order valence-corrected chi connectivity index (χ1v) is 8.03. The van der Waals surface area contributed by atoms with E-state index in [1.54, 1.807) is 4.68 Å². The molecule has 0 unspecified atom stereocenters. The molecular weight excluding hydrogens is 308 g/mol. The number of carboxylic acid groups (broad SMARTS) is 1. The molecular formula is C17H20N4O3. The molecule has 1 heterocycles. The van der Waals surface area contributed by atoms with Crippen molar-refractivity contribution in [3.05, 3.63) is 42.1 Å². The van der Waals surface area contributed by atoms with Gasteiger partial charge in [-0.25, -0.2) is 9.48 Å². The fraction of sp³-hybridized carbons (Fsp3) is 0.353. The van der Waals surface area contributed by atoms with Gasteiger partial charge in [0.15, 0.2) is 0 Å². The van der Waals surface area contributed by atoms with Gasteiger partial charge in [-0.1, -0.05) is 18.2 Å². The summed E-state index contributed by atoms with van der Waals surface area (Å²) in [6.07, 6.45) is 3.26. The lowest BCUT2D eigenvalue weighted by molar-refractivity contribution is -0.136. The highest BCUT2D eigenvalue weighted by molar-refractivity contribution is 5.89. The zero-order valence-electron chi connectivity index (χ0n) is 13.2. The molecule has 0 bridgehead atoms. The Morgan fingerprint density at radius 2 is 2.00 bits per heavy atom. The number of benzene rings is 1. The van der Waals surface area contributed by atoms with Crippen molar-refractivity contribution in [1.82, 2.24) is 15.1 Å². The summed E-state index contributed by atoms with van der Waals surface area (Å²) in [7, 11) is 0. The topological polar surface area (TPSA) is 96.2 Å². The zero-order chi connectivity index (χ0) is 16.9. The van der Waals surface area contributed by atoms with Crippen LogP contribution in [0.15, 0.2) is 36.4 Å². The summed E-state index contributed by atoms with van der Waals surface area (Å²) in [6, 6.07) is 11.0. The molecule has 0 atom stereocenters. The number of nitrogens with one attached hydrogen (secondary N) is 2. The van der Waals surface area contributed by atoms with Crippen molar-refractivity contribution >= 4 is 17.8 Å². The van der Waals surface area contributed by atoms with E-state index in [2.05, 4.69) is 15.7 Å². The van der Waals surface area contributed by atoms with Gasteiger partial charge in [0.25, 0.3) is 0 Å². The molecule has 2 aromatic rings. The Morgan fingerprint density at radius 3 is 2.67 bits per heavy atom. The van der Waals surface area contributed by atoms with E-state index in [9.17, 15) is 9.59 Å². The second-order valence-electron chi connectivity index (χ2n) is 5.94. The van der Waals surface area contributed by atoms with Gasteiger partial charge in [0.05, 0.1) is 17.8 Å². The highest BCUT2D eigenvalue weighted by Crippen LogP contribution is 2.33. The van der Waals surface area contributed by atoms with E-state index in [1.165, 1.54) is 12.8 Å². The Hall–Kier alpha value is -2.83. The summed E-state index contributed by atoms with van der Waals surface area (Å²) in [4.78, 5) is 22.5. The Labute approximate surface area is 139 Å². The minimum absolute atomic E-state index is 0.0789. The first-order chi connectivity index (χ1) is 11.6. The molecule has 0 spiro atoms. The van der Waals surface area contributed by atoms with Gasteiger partial charge in [-0.3, -0.25) is 10.1 Å². The molecule has 0 saturated heterocycles. The van der Waals surface area contributed by atoms with E-state index >= 15 is 0 Å². The van der Waals surface area contributed by atoms with Crippen molar-refractivity contribution in [3.63, 3.8) is 0 Å². The van der Waals surface area contributed by atoms with E-state index in [-0.39, 0.29) is 13.0 Å². The summed E-state index contributed by atoms with van der Waals surface area (Å²) in [6.45, 7) is 0.0789. The average molecular weight is 328 g/mol. The predicted octanol–water partition coefficient (Wildman–Crippen LogP) is 2.42. The third-order valence-electron chi connectivity index (χ3n) is 3.82. The Balaban J connectivity index is 1.73. The van der Waals surface area contributed by atoms with Gasteiger partial charge in [-0.15, -0.1) is 0 Å². The molecule has 24 heavy (non-hydrogen) atoms. The number of para-hydroxylation sites is 1. The summed E-state index contributed by atoms with van der Waals surface area (Å²) < 4.78 is 1.70. The Morgan fingerprint density at radius 1 is 1.25 bits per heavy atom. The molecule has 7 nitrogen and oxygen atoms in total. The second-order valence-corrected chi connectivity index (χ2v) is 5.94. The molecule has 1 aromatic carbocycles. The van der Waals surface area contributed by atoms with Crippen LogP contribution >= 0.6 is 0 Å². The predicted molar refractivity (Wildman–Crippen MR) is 89.3 cm³/mol. The van der Waals surface area contributed by atoms with E-state index in [1.807, 2.05) is 36.4 Å². The van der Waals surface area contributed by atoms with Crippen LogP contribution < -0.4 is 10.6 Å². The molecule has 126 valence electrons. The molecule has 1 aliphatic carbocycles. The third kappa shape index (κ3) is 4.34. The van der Waals surface area contributed by atoms with Crippen LogP contribution in [-0.4, -0.2) is 33.4 Å². The van der Waals surface area contributed by atoms with Gasteiger partial charge in [-0.05, 0) is 37.3 Å². The number of carbonyl (C=O) groups is 2. The van der Waals surface area contributed by atoms with E-state index in [4.69, 9.17) is 5.11 Å². The number of carboxylic acids is 1. The number of aliphatic carboxylic acids is 1. The van der Waals surface area contributed by atoms with E-state index < -0.39 is 12.0 Å². The lowest BCUT2D eigenvalue weighted by Gasteiger charge is -2.09. The largest absolute Gasteiger partial charge is 0.481 e. The van der Waals surface area contributed by atoms with Gasteiger partial charge in [-0.2, -0.15) is 5.10 Å². The third-order valence-corrected chi connectivity index (χ3v) is 3.82. The van der Waals surface area contributed by atoms with Crippen LogP contribution in [0.5, 0.6) is 0 Å². The maximum Gasteiger partial charge on any atom is 0.320 e. The van der Waals surface area contributed by atoms with Crippen LogP contribution in [0.4, 0.5) is 10.6 Å². The number of urea groups is 1. The van der Waals surface area contributed by atoms with E-state index in [0.717, 1.165) is 17.8 Å². The highest BCUT2D eigenvalue weighted by atomic mass is 16.4. The molecule has 7 heteroatoms. The minimum Gasteiger partial charge on any atom is -0.481 e. The number of amides is 2. The van der Waals surface area contributed by atoms with Gasteiger partial charge in [0, 0.05) is 12.6 Å². The molecule has 2 amide bonds. The number of rotatable bonds is 7. The summed E-state index contributed by atoms with van der Waals surface area (Å²) >= 11 is 0. The number of hydrogen-bond donors (Lipinski definition) is 3. The molecule has 3 N–H and O–H groups in total. The minimum atomic E-state index is -0.948. The number of nitrogens with zero attached hydrogens (tertiary/aromatic N) is 2. The van der Waals surface area contributed by atoms with Crippen LogP contribution in [0.2, 0.25) is 0 Å². The van der Waals surface area contributed by atoms with Gasteiger partial charge in [0.2, 0.25) is 0 Å². The van der Waals surface area contributed by atoms with Crippen molar-refractivity contribution in [2.75, 3.05) is 11.9 Å². The quantitative estimate of drug-likeness (QED) is 0.727. The maximum atomic E-state index is 12.0. The molecule has 1 aromatic heterocycles. The Bertz CT molecular complexity index is 723. The van der Waals surface area contributed by atoms with Crippen LogP contribution in [0.3, 0.4) is 0 Å². The SMILES string of the molecule is O=C(O)CCNC(=O)Nc1cc(CC2CC2)nn1-c1ccccc1. The molecule has 0 radical (unpaired) electrons. The highest BCUT2D eigenvalue weighted by Gasteiger charge is 2.24. The fourth-order valence-corrected chi connectivity index (χ4v) is 2.45. The molecule has 1 fully saturated rings. The molecule has 3 rings (SSSR count). The van der Waals surface area contributed by atoms with Crippen LogP contribution in [-0.2, 0) is 11.2 Å². The van der Waals surface area contributed by atoms with E-state index in [0.29, 0.717) is 11.7 Å². The summed E-state index contributed by atoms with van der Waals surface area (Å²) in [5.74, 6) is 0.322. The van der Waals surface area contributed by atoms with Gasteiger partial charge >= 0.3 is 12.0 Å². The number of carbonyl (C=O) groups excluding carboxylic acids is 1. The number of hydrogen-bond acceptors (Lipinski definition) is 3. The maximum absolute atomic E-state index is 12.0. The lowest BCUT2D eigenvalue weighted by atomic mass is 10.2.